The van der Waals surface area contributed by atoms with Gasteiger partial charge in [-0.2, -0.15) is 0 Å². The van der Waals surface area contributed by atoms with E-state index in [0.29, 0.717) is 11.5 Å². The van der Waals surface area contributed by atoms with Crippen molar-refractivity contribution in [2.75, 3.05) is 20.7 Å². The maximum absolute atomic E-state index is 5.50. The van der Waals surface area contributed by atoms with Gasteiger partial charge in [-0.05, 0) is 25.2 Å². The first-order chi connectivity index (χ1) is 7.52. The van der Waals surface area contributed by atoms with Crippen molar-refractivity contribution in [2.24, 2.45) is 5.73 Å². The van der Waals surface area contributed by atoms with Crippen molar-refractivity contribution in [1.29, 1.82) is 0 Å². The van der Waals surface area contributed by atoms with Crippen LogP contribution in [0.2, 0.25) is 0 Å². The lowest BCUT2D eigenvalue weighted by Crippen LogP contribution is -2.29. The fraction of sp³-hybridized carbons (Fsp3) is 0.364. The maximum Gasteiger partial charge on any atom is 0.123 e. The number of ether oxygens (including phenoxy) is 1. The first-order valence-corrected chi connectivity index (χ1v) is 6.02. The van der Waals surface area contributed by atoms with Crippen molar-refractivity contribution in [1.82, 2.24) is 4.90 Å². The smallest absolute Gasteiger partial charge is 0.123 e. The van der Waals surface area contributed by atoms with Gasteiger partial charge in [-0.1, -0.05) is 28.1 Å². The second-order valence-corrected chi connectivity index (χ2v) is 5.03. The molecule has 0 spiro atoms. The number of likely N-dealkylation sites (N-methyl/N-ethyl adjacent to an activating group) is 1. The fourth-order valence-electron chi connectivity index (χ4n) is 1.48. The van der Waals surface area contributed by atoms with Gasteiger partial charge in [0.15, 0.2) is 0 Å². The Bertz CT molecular complexity index is 384. The van der Waals surface area contributed by atoms with Gasteiger partial charge >= 0.3 is 0 Å². The van der Waals surface area contributed by atoms with Crippen molar-refractivity contribution in [3.63, 3.8) is 0 Å². The largest absolute Gasteiger partial charge is 0.496 e. The van der Waals surface area contributed by atoms with Crippen LogP contribution in [0.4, 0.5) is 0 Å². The first kappa shape index (κ1) is 13.4. The van der Waals surface area contributed by atoms with Crippen molar-refractivity contribution >= 4 is 33.1 Å². The molecule has 0 unspecified atom stereocenters. The summed E-state index contributed by atoms with van der Waals surface area (Å²) in [6.45, 7) is 1.35. The predicted molar refractivity (Wildman–Crippen MR) is 73.8 cm³/mol. The molecular weight excluding hydrogens is 288 g/mol. The SMILES string of the molecule is COc1ccc(Br)cc1CN(C)CC(N)=S. The van der Waals surface area contributed by atoms with Gasteiger partial charge in [-0.15, -0.1) is 0 Å². The average molecular weight is 303 g/mol. The van der Waals surface area contributed by atoms with E-state index in [9.17, 15) is 0 Å². The zero-order valence-electron chi connectivity index (χ0n) is 9.37. The Balaban J connectivity index is 2.78. The van der Waals surface area contributed by atoms with Crippen LogP contribution in [0.15, 0.2) is 22.7 Å². The van der Waals surface area contributed by atoms with Crippen molar-refractivity contribution < 1.29 is 4.74 Å². The normalized spacial score (nSPS) is 10.5. The zero-order valence-corrected chi connectivity index (χ0v) is 11.8. The summed E-state index contributed by atoms with van der Waals surface area (Å²) in [5.41, 5.74) is 6.60. The first-order valence-electron chi connectivity index (χ1n) is 4.82. The topological polar surface area (TPSA) is 38.5 Å². The van der Waals surface area contributed by atoms with E-state index < -0.39 is 0 Å². The Labute approximate surface area is 110 Å². The summed E-state index contributed by atoms with van der Waals surface area (Å²) in [5.74, 6) is 0.873. The van der Waals surface area contributed by atoms with Crippen LogP contribution in [0.1, 0.15) is 5.56 Å². The standard InChI is InChI=1S/C11H15BrN2OS/c1-14(7-11(13)16)6-8-5-9(12)3-4-10(8)15-2/h3-5H,6-7H2,1-2H3,(H2,13,16). The number of halogens is 1. The molecule has 0 atom stereocenters. The molecule has 0 amide bonds. The van der Waals surface area contributed by atoms with Crippen LogP contribution in [0.3, 0.4) is 0 Å². The molecule has 0 aliphatic rings. The highest BCUT2D eigenvalue weighted by Gasteiger charge is 2.07. The molecule has 0 aliphatic carbocycles. The molecule has 0 saturated carbocycles. The number of rotatable bonds is 5. The Morgan fingerprint density at radius 1 is 1.56 bits per heavy atom. The summed E-state index contributed by atoms with van der Waals surface area (Å²) in [7, 11) is 3.64. The third-order valence-corrected chi connectivity index (χ3v) is 2.73. The van der Waals surface area contributed by atoms with Crippen molar-refractivity contribution in [3.05, 3.63) is 28.2 Å². The number of nitrogens with zero attached hydrogens (tertiary/aromatic N) is 1. The maximum atomic E-state index is 5.50. The Kier molecular flexibility index (Phi) is 5.18. The molecule has 0 bridgehead atoms. The van der Waals surface area contributed by atoms with Crippen LogP contribution < -0.4 is 10.5 Å². The van der Waals surface area contributed by atoms with Gasteiger partial charge in [0.25, 0.3) is 0 Å². The van der Waals surface area contributed by atoms with Crippen molar-refractivity contribution in [3.8, 4) is 5.75 Å². The Morgan fingerprint density at radius 2 is 2.25 bits per heavy atom. The van der Waals surface area contributed by atoms with E-state index in [1.165, 1.54) is 0 Å². The summed E-state index contributed by atoms with van der Waals surface area (Å²) in [6, 6.07) is 5.93. The number of thiocarbonyl (C=S) groups is 1. The highest BCUT2D eigenvalue weighted by molar-refractivity contribution is 9.10. The van der Waals surface area contributed by atoms with Gasteiger partial charge in [0.2, 0.25) is 0 Å². The van der Waals surface area contributed by atoms with Crippen LogP contribution in [-0.4, -0.2) is 30.6 Å². The molecular formula is C11H15BrN2OS. The molecule has 1 rings (SSSR count). The molecule has 2 N–H and O–H groups in total. The van der Waals surface area contributed by atoms with E-state index in [1.807, 2.05) is 30.1 Å². The summed E-state index contributed by atoms with van der Waals surface area (Å²) in [5, 5.41) is 0. The third-order valence-electron chi connectivity index (χ3n) is 2.11. The lowest BCUT2D eigenvalue weighted by Gasteiger charge is -2.17. The Morgan fingerprint density at radius 3 is 2.81 bits per heavy atom. The van der Waals surface area contributed by atoms with Crippen LogP contribution in [0, 0.1) is 0 Å². The molecule has 1 aromatic rings. The van der Waals surface area contributed by atoms with Crippen LogP contribution in [0.25, 0.3) is 0 Å². The summed E-state index contributed by atoms with van der Waals surface area (Å²) >= 11 is 8.31. The molecule has 5 heteroatoms. The predicted octanol–water partition coefficient (Wildman–Crippen LogP) is 2.18. The van der Waals surface area contributed by atoms with E-state index in [4.69, 9.17) is 22.7 Å². The summed E-state index contributed by atoms with van der Waals surface area (Å²) in [6.07, 6.45) is 0. The molecule has 16 heavy (non-hydrogen) atoms. The van der Waals surface area contributed by atoms with Crippen LogP contribution in [0.5, 0.6) is 5.75 Å². The van der Waals surface area contributed by atoms with Gasteiger partial charge in [0.05, 0.1) is 12.1 Å². The molecule has 0 aliphatic heterocycles. The number of benzene rings is 1. The molecule has 3 nitrogen and oxygen atoms in total. The fourth-order valence-corrected chi connectivity index (χ4v) is 2.11. The zero-order chi connectivity index (χ0) is 12.1. The minimum atomic E-state index is 0.497. The van der Waals surface area contributed by atoms with Gasteiger partial charge in [-0.3, -0.25) is 4.90 Å². The molecule has 0 aromatic heterocycles. The Hall–Kier alpha value is -0.650. The minimum absolute atomic E-state index is 0.497. The molecule has 0 fully saturated rings. The van der Waals surface area contributed by atoms with E-state index in [2.05, 4.69) is 15.9 Å². The highest BCUT2D eigenvalue weighted by Crippen LogP contribution is 2.23. The van der Waals surface area contributed by atoms with Crippen LogP contribution in [-0.2, 0) is 6.54 Å². The summed E-state index contributed by atoms with van der Waals surface area (Å²) in [4.78, 5) is 2.54. The monoisotopic (exact) mass is 302 g/mol. The second kappa shape index (κ2) is 6.18. The lowest BCUT2D eigenvalue weighted by atomic mass is 10.2. The number of hydrogen-bond acceptors (Lipinski definition) is 3. The number of nitrogens with two attached hydrogens (primary N) is 1. The number of methoxy groups -OCH3 is 1. The van der Waals surface area contributed by atoms with Crippen LogP contribution >= 0.6 is 28.1 Å². The van der Waals surface area contributed by atoms with Gasteiger partial charge in [0, 0.05) is 23.1 Å². The van der Waals surface area contributed by atoms with Gasteiger partial charge < -0.3 is 10.5 Å². The third kappa shape index (κ3) is 4.08. The molecule has 0 saturated heterocycles. The quantitative estimate of drug-likeness (QED) is 0.846. The molecule has 88 valence electrons. The second-order valence-electron chi connectivity index (χ2n) is 3.59. The van der Waals surface area contributed by atoms with E-state index in [0.717, 1.165) is 22.3 Å². The van der Waals surface area contributed by atoms with E-state index >= 15 is 0 Å². The lowest BCUT2D eigenvalue weighted by molar-refractivity contribution is 0.355. The average Bonchev–Trinajstić information content (AvgIpc) is 2.16. The number of hydrogen-bond donors (Lipinski definition) is 1. The van der Waals surface area contributed by atoms with E-state index in [1.54, 1.807) is 7.11 Å². The van der Waals surface area contributed by atoms with Gasteiger partial charge in [0.1, 0.15) is 5.75 Å². The minimum Gasteiger partial charge on any atom is -0.496 e. The molecule has 1 aromatic carbocycles. The van der Waals surface area contributed by atoms with Crippen molar-refractivity contribution in [2.45, 2.75) is 6.54 Å². The summed E-state index contributed by atoms with van der Waals surface area (Å²) < 4.78 is 6.33. The highest BCUT2D eigenvalue weighted by atomic mass is 79.9. The van der Waals surface area contributed by atoms with Gasteiger partial charge in [-0.25, -0.2) is 0 Å². The molecule has 0 heterocycles. The molecule has 0 radical (unpaired) electrons. The van der Waals surface area contributed by atoms with E-state index in [-0.39, 0.29) is 0 Å².